The van der Waals surface area contributed by atoms with Crippen LogP contribution in [0, 0.1) is 0 Å². The molecule has 0 aliphatic rings. The molecule has 0 bridgehead atoms. The molecule has 0 fully saturated rings. The zero-order valence-corrected chi connectivity index (χ0v) is 21.4. The minimum absolute atomic E-state index is 0. The molecule has 1 heterocycles. The summed E-state index contributed by atoms with van der Waals surface area (Å²) in [6.07, 6.45) is 1.63. The summed E-state index contributed by atoms with van der Waals surface area (Å²) in [4.78, 5) is 11.4. The van der Waals surface area contributed by atoms with Gasteiger partial charge in [-0.15, -0.1) is 5.10 Å². The number of aromatic nitrogens is 3. The molecule has 0 unspecified atom stereocenters. The minimum atomic E-state index is -4.64. The Hall–Kier alpha value is -2.96. The van der Waals surface area contributed by atoms with Gasteiger partial charge in [-0.05, 0) is 30.3 Å². The van der Waals surface area contributed by atoms with E-state index in [1.54, 1.807) is 42.6 Å². The maximum Gasteiger partial charge on any atom is 1.00 e. The third-order valence-electron chi connectivity index (χ3n) is 4.88. The molecule has 0 aliphatic heterocycles. The Morgan fingerprint density at radius 1 is 1.03 bits per heavy atom. The number of hydrogen-bond acceptors (Lipinski definition) is 9. The zero-order chi connectivity index (χ0) is 23.6. The van der Waals surface area contributed by atoms with E-state index < -0.39 is 16.1 Å². The molecule has 170 valence electrons. The largest absolute Gasteiger partial charge is 1.00 e. The van der Waals surface area contributed by atoms with Gasteiger partial charge in [0.2, 0.25) is 0 Å². The van der Waals surface area contributed by atoms with Gasteiger partial charge >= 0.3 is 35.5 Å². The first-order chi connectivity index (χ1) is 15.8. The van der Waals surface area contributed by atoms with Gasteiger partial charge in [-0.3, -0.25) is 0 Å². The predicted molar refractivity (Wildman–Crippen MR) is 115 cm³/mol. The molecule has 4 aromatic rings. The standard InChI is InChI=1S/C22H19N3O7S.Na/c1-30-20-11-14(22(26)31-2)9-10-19(20)32-13-15-12-25(24-23-15)18-7-3-6-17-16(18)5-4-8-21(17)33(27,28)29;/h3-12H,13H2,1-2H3,(H,27,28,29);/q;+1/p-1. The topological polar surface area (TPSA) is 133 Å². The van der Waals surface area contributed by atoms with Gasteiger partial charge in [0.05, 0.1) is 36.6 Å². The van der Waals surface area contributed by atoms with E-state index in [1.807, 2.05) is 0 Å². The van der Waals surface area contributed by atoms with Crippen molar-refractivity contribution in [2.24, 2.45) is 0 Å². The number of hydrogen-bond donors (Lipinski definition) is 0. The van der Waals surface area contributed by atoms with Crippen molar-refractivity contribution < 1.29 is 61.5 Å². The Kier molecular flexibility index (Phi) is 7.95. The van der Waals surface area contributed by atoms with Gasteiger partial charge < -0.3 is 18.8 Å². The molecule has 0 amide bonds. The van der Waals surface area contributed by atoms with E-state index in [4.69, 9.17) is 14.2 Å². The molecule has 0 N–H and O–H groups in total. The monoisotopic (exact) mass is 491 g/mol. The number of nitrogens with zero attached hydrogens (tertiary/aromatic N) is 3. The van der Waals surface area contributed by atoms with Crippen LogP contribution in [0.5, 0.6) is 11.5 Å². The molecule has 1 aromatic heterocycles. The van der Waals surface area contributed by atoms with Crippen molar-refractivity contribution in [3.8, 4) is 17.2 Å². The second-order valence-corrected chi connectivity index (χ2v) is 8.23. The maximum absolute atomic E-state index is 11.7. The number of fused-ring (bicyclic) bond motifs is 1. The van der Waals surface area contributed by atoms with E-state index in [2.05, 4.69) is 10.3 Å². The molecule has 0 saturated heterocycles. The molecule has 0 radical (unpaired) electrons. The molecular weight excluding hydrogens is 473 g/mol. The van der Waals surface area contributed by atoms with Crippen molar-refractivity contribution >= 4 is 26.9 Å². The number of carbonyl (C=O) groups is 1. The number of benzene rings is 3. The molecule has 0 spiro atoms. The average molecular weight is 491 g/mol. The predicted octanol–water partition coefficient (Wildman–Crippen LogP) is -0.297. The van der Waals surface area contributed by atoms with Gasteiger partial charge in [-0.25, -0.2) is 17.9 Å². The van der Waals surface area contributed by atoms with Gasteiger partial charge in [-0.2, -0.15) is 0 Å². The molecular formula is C22H18N3NaO7S. The first-order valence-corrected chi connectivity index (χ1v) is 11.0. The zero-order valence-electron chi connectivity index (χ0n) is 18.6. The van der Waals surface area contributed by atoms with Crippen LogP contribution in [0.1, 0.15) is 16.1 Å². The average Bonchev–Trinajstić information content (AvgIpc) is 3.29. The summed E-state index contributed by atoms with van der Waals surface area (Å²) >= 11 is 0. The summed E-state index contributed by atoms with van der Waals surface area (Å²) in [6.45, 7) is 0.0545. The maximum atomic E-state index is 11.7. The summed E-state index contributed by atoms with van der Waals surface area (Å²) in [6, 6.07) is 14.1. The fourth-order valence-corrected chi connectivity index (χ4v) is 4.04. The van der Waals surface area contributed by atoms with Crippen molar-refractivity contribution in [1.82, 2.24) is 15.0 Å². The van der Waals surface area contributed by atoms with E-state index in [0.29, 0.717) is 39.2 Å². The summed E-state index contributed by atoms with van der Waals surface area (Å²) in [7, 11) is -1.89. The fraction of sp³-hybridized carbons (Fsp3) is 0.136. The van der Waals surface area contributed by atoms with Gasteiger partial charge in [0, 0.05) is 10.8 Å². The normalized spacial score (nSPS) is 11.0. The van der Waals surface area contributed by atoms with Crippen molar-refractivity contribution in [3.05, 3.63) is 72.1 Å². The minimum Gasteiger partial charge on any atom is -0.744 e. The third-order valence-corrected chi connectivity index (χ3v) is 5.77. The summed E-state index contributed by atoms with van der Waals surface area (Å²) in [5, 5.41) is 9.03. The molecule has 10 nitrogen and oxygen atoms in total. The smallest absolute Gasteiger partial charge is 0.744 e. The Labute approximate surface area is 217 Å². The van der Waals surface area contributed by atoms with E-state index >= 15 is 0 Å². The molecule has 0 aliphatic carbocycles. The van der Waals surface area contributed by atoms with Crippen molar-refractivity contribution in [1.29, 1.82) is 0 Å². The molecule has 34 heavy (non-hydrogen) atoms. The Bertz CT molecular complexity index is 1450. The van der Waals surface area contributed by atoms with Crippen LogP contribution in [0.2, 0.25) is 0 Å². The molecule has 4 rings (SSSR count). The van der Waals surface area contributed by atoms with Crippen LogP contribution in [0.3, 0.4) is 0 Å². The van der Waals surface area contributed by atoms with Gasteiger partial charge in [-0.1, -0.05) is 29.5 Å². The Morgan fingerprint density at radius 2 is 1.76 bits per heavy atom. The van der Waals surface area contributed by atoms with Crippen LogP contribution in [0.15, 0.2) is 65.7 Å². The van der Waals surface area contributed by atoms with Crippen LogP contribution in [-0.2, 0) is 21.5 Å². The summed E-state index contributed by atoms with van der Waals surface area (Å²) < 4.78 is 52.0. The number of rotatable bonds is 7. The van der Waals surface area contributed by atoms with Crippen molar-refractivity contribution in [3.63, 3.8) is 0 Å². The first-order valence-electron chi connectivity index (χ1n) is 9.60. The van der Waals surface area contributed by atoms with Crippen LogP contribution in [0.25, 0.3) is 16.5 Å². The quantitative estimate of drug-likeness (QED) is 0.194. The molecule has 12 heteroatoms. The van der Waals surface area contributed by atoms with E-state index in [-0.39, 0.29) is 41.1 Å². The molecule has 0 atom stereocenters. The number of ether oxygens (including phenoxy) is 3. The SMILES string of the molecule is COC(=O)c1ccc(OCc2cn(-c3cccc4c(S(=O)(=O)[O-])cccc34)nn2)c(OC)c1.[Na+]. The van der Waals surface area contributed by atoms with Gasteiger partial charge in [0.25, 0.3) is 0 Å². The number of esters is 1. The second kappa shape index (κ2) is 10.5. The summed E-state index contributed by atoms with van der Waals surface area (Å²) in [5.41, 5.74) is 1.36. The molecule has 3 aromatic carbocycles. The van der Waals surface area contributed by atoms with Crippen molar-refractivity contribution in [2.75, 3.05) is 14.2 Å². The fourth-order valence-electron chi connectivity index (χ4n) is 3.35. The van der Waals surface area contributed by atoms with E-state index in [9.17, 15) is 17.8 Å². The Morgan fingerprint density at radius 3 is 2.47 bits per heavy atom. The summed E-state index contributed by atoms with van der Waals surface area (Å²) in [5.74, 6) is 0.256. The van der Waals surface area contributed by atoms with Crippen LogP contribution >= 0.6 is 0 Å². The van der Waals surface area contributed by atoms with Crippen LogP contribution in [0.4, 0.5) is 0 Å². The van der Waals surface area contributed by atoms with Crippen molar-refractivity contribution in [2.45, 2.75) is 11.5 Å². The van der Waals surface area contributed by atoms with E-state index in [1.165, 1.54) is 37.1 Å². The van der Waals surface area contributed by atoms with Gasteiger partial charge in [0.1, 0.15) is 22.4 Å². The first kappa shape index (κ1) is 25.7. The third kappa shape index (κ3) is 5.24. The van der Waals surface area contributed by atoms with Crippen LogP contribution < -0.4 is 39.0 Å². The Balaban J connectivity index is 0.00000324. The van der Waals surface area contributed by atoms with Crippen LogP contribution in [-0.4, -0.2) is 48.2 Å². The second-order valence-electron chi connectivity index (χ2n) is 6.88. The number of methoxy groups -OCH3 is 2. The number of carbonyl (C=O) groups excluding carboxylic acids is 1. The van der Waals surface area contributed by atoms with Gasteiger partial charge in [0.15, 0.2) is 11.5 Å². The molecule has 0 saturated carbocycles. The van der Waals surface area contributed by atoms with E-state index in [0.717, 1.165) is 0 Å².